The number of pyridine rings is 1. The van der Waals surface area contributed by atoms with Crippen LogP contribution in [0.3, 0.4) is 0 Å². The van der Waals surface area contributed by atoms with Crippen LogP contribution < -0.4 is 5.32 Å². The lowest BCUT2D eigenvalue weighted by atomic mass is 10.0. The summed E-state index contributed by atoms with van der Waals surface area (Å²) < 4.78 is 0. The van der Waals surface area contributed by atoms with Crippen LogP contribution in [0, 0.1) is 6.92 Å². The van der Waals surface area contributed by atoms with Gasteiger partial charge in [0.15, 0.2) is 0 Å². The van der Waals surface area contributed by atoms with Gasteiger partial charge in [-0.25, -0.2) is 0 Å². The Balaban J connectivity index is 2.02. The average Bonchev–Trinajstić information content (AvgIpc) is 2.42. The van der Waals surface area contributed by atoms with Crippen molar-refractivity contribution >= 4 is 0 Å². The molecule has 1 N–H and O–H groups in total. The van der Waals surface area contributed by atoms with Gasteiger partial charge in [-0.3, -0.25) is 4.98 Å². The van der Waals surface area contributed by atoms with Crippen molar-refractivity contribution in [2.24, 2.45) is 0 Å². The number of nitrogens with zero attached hydrogens (tertiary/aromatic N) is 1. The van der Waals surface area contributed by atoms with E-state index in [1.165, 1.54) is 16.7 Å². The maximum Gasteiger partial charge on any atom is 0.0320 e. The third-order valence-corrected chi connectivity index (χ3v) is 3.29. The summed E-state index contributed by atoms with van der Waals surface area (Å²) in [4.78, 5) is 4.12. The molecule has 1 heterocycles. The highest BCUT2D eigenvalue weighted by Gasteiger charge is 2.08. The Morgan fingerprint density at radius 3 is 2.61 bits per heavy atom. The lowest BCUT2D eigenvalue weighted by Gasteiger charge is -2.18. The lowest BCUT2D eigenvalue weighted by molar-refractivity contribution is 0.518. The van der Waals surface area contributed by atoms with Gasteiger partial charge in [0.1, 0.15) is 0 Å². The normalized spacial score (nSPS) is 12.3. The Labute approximate surface area is 109 Å². The fraction of sp³-hybridized carbons (Fsp3) is 0.312. The van der Waals surface area contributed by atoms with Crippen LogP contribution in [0.5, 0.6) is 0 Å². The molecule has 0 fully saturated rings. The zero-order valence-electron chi connectivity index (χ0n) is 11.1. The molecule has 0 saturated heterocycles. The molecule has 94 valence electrons. The van der Waals surface area contributed by atoms with Crippen molar-refractivity contribution < 1.29 is 0 Å². The molecule has 2 heteroatoms. The summed E-state index contributed by atoms with van der Waals surface area (Å²) >= 11 is 0. The number of hydrogen-bond acceptors (Lipinski definition) is 2. The molecular weight excluding hydrogens is 220 g/mol. The SMILES string of the molecule is CCC(NCc1ccncc1C)c1ccccc1. The quantitative estimate of drug-likeness (QED) is 0.863. The molecule has 2 rings (SSSR count). The smallest absolute Gasteiger partial charge is 0.0320 e. The highest BCUT2D eigenvalue weighted by Crippen LogP contribution is 2.17. The van der Waals surface area contributed by atoms with Gasteiger partial charge in [0.05, 0.1) is 0 Å². The molecule has 0 bridgehead atoms. The largest absolute Gasteiger partial charge is 0.306 e. The van der Waals surface area contributed by atoms with Gasteiger partial charge in [-0.15, -0.1) is 0 Å². The Hall–Kier alpha value is -1.67. The number of aromatic nitrogens is 1. The minimum absolute atomic E-state index is 0.416. The van der Waals surface area contributed by atoms with Crippen molar-refractivity contribution in [3.63, 3.8) is 0 Å². The predicted molar refractivity (Wildman–Crippen MR) is 75.3 cm³/mol. The van der Waals surface area contributed by atoms with Gasteiger partial charge in [-0.05, 0) is 36.1 Å². The van der Waals surface area contributed by atoms with Crippen molar-refractivity contribution in [2.75, 3.05) is 0 Å². The van der Waals surface area contributed by atoms with Gasteiger partial charge >= 0.3 is 0 Å². The molecule has 0 aliphatic carbocycles. The van der Waals surface area contributed by atoms with Crippen LogP contribution >= 0.6 is 0 Å². The van der Waals surface area contributed by atoms with Crippen molar-refractivity contribution in [3.05, 3.63) is 65.5 Å². The first-order valence-electron chi connectivity index (χ1n) is 6.49. The van der Waals surface area contributed by atoms with Gasteiger partial charge < -0.3 is 5.32 Å². The summed E-state index contributed by atoms with van der Waals surface area (Å²) in [6.07, 6.45) is 4.86. The van der Waals surface area contributed by atoms with E-state index < -0.39 is 0 Å². The minimum Gasteiger partial charge on any atom is -0.306 e. The van der Waals surface area contributed by atoms with Crippen molar-refractivity contribution in [3.8, 4) is 0 Å². The molecule has 0 spiro atoms. The van der Waals surface area contributed by atoms with Crippen molar-refractivity contribution in [1.82, 2.24) is 10.3 Å². The van der Waals surface area contributed by atoms with E-state index in [0.29, 0.717) is 6.04 Å². The molecular formula is C16H20N2. The molecule has 2 nitrogen and oxygen atoms in total. The first-order valence-corrected chi connectivity index (χ1v) is 6.49. The highest BCUT2D eigenvalue weighted by atomic mass is 14.9. The summed E-state index contributed by atoms with van der Waals surface area (Å²) in [5.41, 5.74) is 3.92. The Morgan fingerprint density at radius 2 is 1.94 bits per heavy atom. The van der Waals surface area contributed by atoms with Crippen molar-refractivity contribution in [2.45, 2.75) is 32.9 Å². The molecule has 18 heavy (non-hydrogen) atoms. The standard InChI is InChI=1S/C16H20N2/c1-3-16(14-7-5-4-6-8-14)18-12-15-9-10-17-11-13(15)2/h4-11,16,18H,3,12H2,1-2H3. The molecule has 1 aromatic heterocycles. The van der Waals surface area contributed by atoms with Gasteiger partial charge in [0.25, 0.3) is 0 Å². The zero-order chi connectivity index (χ0) is 12.8. The Kier molecular flexibility index (Phi) is 4.48. The van der Waals surface area contributed by atoms with E-state index in [0.717, 1.165) is 13.0 Å². The molecule has 1 aromatic carbocycles. The Morgan fingerprint density at radius 1 is 1.17 bits per heavy atom. The summed E-state index contributed by atoms with van der Waals surface area (Å²) in [6.45, 7) is 5.21. The molecule has 0 saturated carbocycles. The molecule has 0 radical (unpaired) electrons. The summed E-state index contributed by atoms with van der Waals surface area (Å²) in [6, 6.07) is 13.1. The average molecular weight is 240 g/mol. The summed E-state index contributed by atoms with van der Waals surface area (Å²) in [5, 5.41) is 3.62. The molecule has 0 aliphatic heterocycles. The number of nitrogens with one attached hydrogen (secondary N) is 1. The number of rotatable bonds is 5. The predicted octanol–water partition coefficient (Wildman–Crippen LogP) is 3.63. The van der Waals surface area contributed by atoms with E-state index in [1.807, 2.05) is 12.4 Å². The second-order valence-corrected chi connectivity index (χ2v) is 4.55. The summed E-state index contributed by atoms with van der Waals surface area (Å²) in [7, 11) is 0. The van der Waals surface area contributed by atoms with E-state index in [1.54, 1.807) is 0 Å². The van der Waals surface area contributed by atoms with Crippen LogP contribution in [0.2, 0.25) is 0 Å². The molecule has 2 aromatic rings. The summed E-state index contributed by atoms with van der Waals surface area (Å²) in [5.74, 6) is 0. The third-order valence-electron chi connectivity index (χ3n) is 3.29. The highest BCUT2D eigenvalue weighted by molar-refractivity contribution is 5.23. The van der Waals surface area contributed by atoms with Gasteiger partial charge in [-0.2, -0.15) is 0 Å². The Bertz CT molecular complexity index is 479. The van der Waals surface area contributed by atoms with Crippen LogP contribution in [0.4, 0.5) is 0 Å². The van der Waals surface area contributed by atoms with Crippen LogP contribution in [-0.2, 0) is 6.54 Å². The van der Waals surface area contributed by atoms with Gasteiger partial charge in [0, 0.05) is 25.0 Å². The van der Waals surface area contributed by atoms with Gasteiger partial charge in [0.2, 0.25) is 0 Å². The molecule has 1 atom stereocenters. The van der Waals surface area contributed by atoms with Crippen LogP contribution in [0.25, 0.3) is 0 Å². The minimum atomic E-state index is 0.416. The van der Waals surface area contributed by atoms with Crippen LogP contribution in [-0.4, -0.2) is 4.98 Å². The molecule has 0 aliphatic rings. The second-order valence-electron chi connectivity index (χ2n) is 4.55. The lowest BCUT2D eigenvalue weighted by Crippen LogP contribution is -2.20. The van der Waals surface area contributed by atoms with E-state index >= 15 is 0 Å². The zero-order valence-corrected chi connectivity index (χ0v) is 11.1. The second kappa shape index (κ2) is 6.31. The van der Waals surface area contributed by atoms with Crippen LogP contribution in [0.1, 0.15) is 36.1 Å². The van der Waals surface area contributed by atoms with E-state index in [2.05, 4.69) is 60.5 Å². The third kappa shape index (κ3) is 3.17. The fourth-order valence-electron chi connectivity index (χ4n) is 2.12. The van der Waals surface area contributed by atoms with Gasteiger partial charge in [-0.1, -0.05) is 37.3 Å². The number of hydrogen-bond donors (Lipinski definition) is 1. The van der Waals surface area contributed by atoms with Crippen molar-refractivity contribution in [1.29, 1.82) is 0 Å². The first-order chi connectivity index (χ1) is 8.81. The number of aryl methyl sites for hydroxylation is 1. The number of benzene rings is 1. The topological polar surface area (TPSA) is 24.9 Å². The molecule has 1 unspecified atom stereocenters. The van der Waals surface area contributed by atoms with E-state index in [9.17, 15) is 0 Å². The monoisotopic (exact) mass is 240 g/mol. The fourth-order valence-corrected chi connectivity index (χ4v) is 2.12. The maximum atomic E-state index is 4.12. The maximum absolute atomic E-state index is 4.12. The molecule has 0 amide bonds. The van der Waals surface area contributed by atoms with E-state index in [4.69, 9.17) is 0 Å². The van der Waals surface area contributed by atoms with E-state index in [-0.39, 0.29) is 0 Å². The van der Waals surface area contributed by atoms with Crippen LogP contribution in [0.15, 0.2) is 48.8 Å². The first kappa shape index (κ1) is 12.8.